The third-order valence-corrected chi connectivity index (χ3v) is 6.29. The van der Waals surface area contributed by atoms with E-state index in [1.165, 1.54) is 11.8 Å². The predicted octanol–water partition coefficient (Wildman–Crippen LogP) is 4.79. The Hall–Kier alpha value is -2.48. The highest BCUT2D eigenvalue weighted by atomic mass is 35.5. The van der Waals surface area contributed by atoms with Crippen LogP contribution in [0.15, 0.2) is 53.6 Å². The second-order valence-electron chi connectivity index (χ2n) is 7.23. The largest absolute Gasteiger partial charge is 0.497 e. The molecule has 0 unspecified atom stereocenters. The highest BCUT2D eigenvalue weighted by Crippen LogP contribution is 2.33. The lowest BCUT2D eigenvalue weighted by molar-refractivity contribution is -0.119. The van der Waals surface area contributed by atoms with Gasteiger partial charge in [0, 0.05) is 29.3 Å². The fourth-order valence-electron chi connectivity index (χ4n) is 3.38. The molecular weight excluding hydrogens is 434 g/mol. The van der Waals surface area contributed by atoms with Gasteiger partial charge in [0.1, 0.15) is 16.6 Å². The molecular formula is C23H24ClN3O3S. The predicted molar refractivity (Wildman–Crippen MR) is 124 cm³/mol. The summed E-state index contributed by atoms with van der Waals surface area (Å²) in [5.74, 6) is 1.76. The van der Waals surface area contributed by atoms with Crippen molar-refractivity contribution in [2.24, 2.45) is 0 Å². The Morgan fingerprint density at radius 2 is 1.97 bits per heavy atom. The molecule has 1 fully saturated rings. The van der Waals surface area contributed by atoms with Gasteiger partial charge in [0.05, 0.1) is 24.7 Å². The molecule has 1 atom stereocenters. The number of carbonyl (C=O) groups excluding carboxylic acids is 1. The normalized spacial score (nSPS) is 15.7. The van der Waals surface area contributed by atoms with Gasteiger partial charge in [-0.2, -0.15) is 0 Å². The molecule has 6 nitrogen and oxygen atoms in total. The molecule has 4 rings (SSSR count). The molecule has 0 radical (unpaired) electrons. The van der Waals surface area contributed by atoms with Gasteiger partial charge in [0.2, 0.25) is 5.91 Å². The monoisotopic (exact) mass is 457 g/mol. The van der Waals surface area contributed by atoms with E-state index in [-0.39, 0.29) is 17.8 Å². The minimum atomic E-state index is -0.0310. The molecule has 2 heterocycles. The first-order valence-corrected chi connectivity index (χ1v) is 11.5. The number of hydrogen-bond acceptors (Lipinski definition) is 5. The van der Waals surface area contributed by atoms with E-state index >= 15 is 0 Å². The van der Waals surface area contributed by atoms with E-state index in [4.69, 9.17) is 26.1 Å². The molecule has 0 saturated carbocycles. The van der Waals surface area contributed by atoms with Crippen LogP contribution in [-0.2, 0) is 9.53 Å². The van der Waals surface area contributed by atoms with Gasteiger partial charge in [-0.25, -0.2) is 4.98 Å². The lowest BCUT2D eigenvalue weighted by Gasteiger charge is -2.10. The minimum Gasteiger partial charge on any atom is -0.497 e. The maximum Gasteiger partial charge on any atom is 0.230 e. The smallest absolute Gasteiger partial charge is 0.230 e. The number of nitrogens with one attached hydrogen (secondary N) is 2. The Bertz CT molecular complexity index is 1020. The van der Waals surface area contributed by atoms with Crippen molar-refractivity contribution in [1.29, 1.82) is 0 Å². The number of methoxy groups -OCH3 is 1. The summed E-state index contributed by atoms with van der Waals surface area (Å²) in [5, 5.41) is 4.39. The van der Waals surface area contributed by atoms with E-state index in [9.17, 15) is 4.79 Å². The summed E-state index contributed by atoms with van der Waals surface area (Å²) >= 11 is 7.46. The van der Waals surface area contributed by atoms with E-state index in [0.717, 1.165) is 52.9 Å². The molecule has 1 saturated heterocycles. The maximum atomic E-state index is 12.4. The Morgan fingerprint density at radius 3 is 2.65 bits per heavy atom. The zero-order chi connectivity index (χ0) is 21.6. The number of aromatic nitrogens is 2. The van der Waals surface area contributed by atoms with Crippen molar-refractivity contribution in [2.75, 3.05) is 26.0 Å². The molecule has 162 valence electrons. The number of halogens is 1. The van der Waals surface area contributed by atoms with Crippen LogP contribution in [0.3, 0.4) is 0 Å². The first-order valence-electron chi connectivity index (χ1n) is 10.1. The fourth-order valence-corrected chi connectivity index (χ4v) is 4.34. The van der Waals surface area contributed by atoms with Crippen molar-refractivity contribution in [1.82, 2.24) is 15.3 Å². The number of nitrogens with zero attached hydrogens (tertiary/aromatic N) is 1. The summed E-state index contributed by atoms with van der Waals surface area (Å²) in [4.78, 5) is 20.5. The zero-order valence-corrected chi connectivity index (χ0v) is 18.8. The van der Waals surface area contributed by atoms with Crippen LogP contribution in [0.25, 0.3) is 22.6 Å². The van der Waals surface area contributed by atoms with Crippen LogP contribution in [0.4, 0.5) is 0 Å². The van der Waals surface area contributed by atoms with Crippen molar-refractivity contribution >= 4 is 29.3 Å². The number of hydrogen-bond donors (Lipinski definition) is 2. The molecule has 31 heavy (non-hydrogen) atoms. The van der Waals surface area contributed by atoms with Crippen LogP contribution >= 0.6 is 23.4 Å². The first kappa shape index (κ1) is 21.7. The number of rotatable bonds is 8. The molecule has 2 aromatic carbocycles. The lowest BCUT2D eigenvalue weighted by Crippen LogP contribution is -2.32. The van der Waals surface area contributed by atoms with E-state index in [1.54, 1.807) is 7.11 Å². The number of thioether (sulfide) groups is 1. The number of ether oxygens (including phenoxy) is 2. The van der Waals surface area contributed by atoms with E-state index < -0.39 is 0 Å². The summed E-state index contributed by atoms with van der Waals surface area (Å²) in [7, 11) is 1.64. The molecule has 1 aromatic heterocycles. The standard InChI is InChI=1S/C23H24ClN3O3S/c1-29-18-10-6-16(7-11-18)22-26-21(15-4-8-17(24)9-5-15)23(27-22)31-14-20(28)25-13-19-3-2-12-30-19/h4-11,19H,2-3,12-14H2,1H3,(H,25,28)(H,26,27)/t19-/m0/s1. The molecule has 3 aromatic rings. The van der Waals surface area contributed by atoms with Gasteiger partial charge in [0.15, 0.2) is 0 Å². The van der Waals surface area contributed by atoms with Crippen molar-refractivity contribution in [2.45, 2.75) is 24.0 Å². The number of benzene rings is 2. The van der Waals surface area contributed by atoms with Crippen molar-refractivity contribution in [3.8, 4) is 28.4 Å². The summed E-state index contributed by atoms with van der Waals surface area (Å²) in [6, 6.07) is 15.2. The van der Waals surface area contributed by atoms with E-state index in [1.807, 2.05) is 48.5 Å². The molecule has 1 aliphatic heterocycles. The number of imidazole rings is 1. The summed E-state index contributed by atoms with van der Waals surface area (Å²) in [6.45, 7) is 1.34. The van der Waals surface area contributed by atoms with Crippen molar-refractivity contribution < 1.29 is 14.3 Å². The zero-order valence-electron chi connectivity index (χ0n) is 17.2. The Balaban J connectivity index is 1.51. The quantitative estimate of drug-likeness (QED) is 0.475. The van der Waals surface area contributed by atoms with Crippen LogP contribution < -0.4 is 10.1 Å². The second kappa shape index (κ2) is 10.2. The first-order chi connectivity index (χ1) is 15.1. The van der Waals surface area contributed by atoms with Crippen LogP contribution in [0, 0.1) is 0 Å². The van der Waals surface area contributed by atoms with Crippen LogP contribution in [0.5, 0.6) is 5.75 Å². The highest BCUT2D eigenvalue weighted by Gasteiger charge is 2.18. The topological polar surface area (TPSA) is 76.2 Å². The molecule has 0 aliphatic carbocycles. The molecule has 0 spiro atoms. The molecule has 8 heteroatoms. The van der Waals surface area contributed by atoms with Gasteiger partial charge >= 0.3 is 0 Å². The van der Waals surface area contributed by atoms with Gasteiger partial charge in [-0.3, -0.25) is 4.79 Å². The SMILES string of the molecule is COc1ccc(-c2nc(SCC(=O)NC[C@@H]3CCCO3)c(-c3ccc(Cl)cc3)[nH]2)cc1. The number of carbonyl (C=O) groups is 1. The average molecular weight is 458 g/mol. The maximum absolute atomic E-state index is 12.4. The second-order valence-corrected chi connectivity index (χ2v) is 8.63. The number of aromatic amines is 1. The van der Waals surface area contributed by atoms with Gasteiger partial charge in [0.25, 0.3) is 0 Å². The summed E-state index contributed by atoms with van der Waals surface area (Å²) < 4.78 is 10.8. The van der Waals surface area contributed by atoms with Gasteiger partial charge in [-0.15, -0.1) is 0 Å². The third kappa shape index (κ3) is 5.61. The minimum absolute atomic E-state index is 0.0310. The Morgan fingerprint density at radius 1 is 1.23 bits per heavy atom. The molecule has 2 N–H and O–H groups in total. The Labute approximate surface area is 190 Å². The average Bonchev–Trinajstić information content (AvgIpc) is 3.47. The van der Waals surface area contributed by atoms with E-state index in [0.29, 0.717) is 11.6 Å². The summed E-state index contributed by atoms with van der Waals surface area (Å²) in [5.41, 5.74) is 2.75. The molecule has 0 bridgehead atoms. The van der Waals surface area contributed by atoms with Crippen LogP contribution in [0.1, 0.15) is 12.8 Å². The fraction of sp³-hybridized carbons (Fsp3) is 0.304. The summed E-state index contributed by atoms with van der Waals surface area (Å²) in [6.07, 6.45) is 2.19. The Kier molecular flexibility index (Phi) is 7.17. The van der Waals surface area contributed by atoms with Crippen LogP contribution in [-0.4, -0.2) is 48.0 Å². The van der Waals surface area contributed by atoms with Gasteiger partial charge in [-0.1, -0.05) is 35.5 Å². The number of H-pyrrole nitrogens is 1. The van der Waals surface area contributed by atoms with Gasteiger partial charge in [-0.05, 0) is 49.2 Å². The van der Waals surface area contributed by atoms with E-state index in [2.05, 4.69) is 10.3 Å². The van der Waals surface area contributed by atoms with Crippen LogP contribution in [0.2, 0.25) is 5.02 Å². The van der Waals surface area contributed by atoms with Gasteiger partial charge < -0.3 is 19.8 Å². The lowest BCUT2D eigenvalue weighted by atomic mass is 10.2. The number of amides is 1. The van der Waals surface area contributed by atoms with Crippen molar-refractivity contribution in [3.63, 3.8) is 0 Å². The third-order valence-electron chi connectivity index (χ3n) is 5.06. The van der Waals surface area contributed by atoms with Crippen molar-refractivity contribution in [3.05, 3.63) is 53.6 Å². The highest BCUT2D eigenvalue weighted by molar-refractivity contribution is 8.00. The molecule has 1 amide bonds. The molecule has 1 aliphatic rings.